The third-order valence-electron chi connectivity index (χ3n) is 4.84. The van der Waals surface area contributed by atoms with Crippen LogP contribution < -0.4 is 5.32 Å². The van der Waals surface area contributed by atoms with Gasteiger partial charge in [0.05, 0.1) is 6.20 Å². The largest absolute Gasteiger partial charge is 0.328 e. The number of anilines is 1. The highest BCUT2D eigenvalue weighted by Gasteiger charge is 2.42. The van der Waals surface area contributed by atoms with Gasteiger partial charge in [0.15, 0.2) is 5.78 Å². The van der Waals surface area contributed by atoms with Crippen molar-refractivity contribution >= 4 is 11.7 Å². The van der Waals surface area contributed by atoms with Crippen molar-refractivity contribution in [3.05, 3.63) is 35.1 Å². The Hall–Kier alpha value is -2.44. The van der Waals surface area contributed by atoms with Gasteiger partial charge < -0.3 is 5.32 Å². The summed E-state index contributed by atoms with van der Waals surface area (Å²) in [5, 5.41) is 12.0. The number of Topliss-reactive ketones (excluding diaryl/α,β-unsaturated/α-hetero) is 1. The van der Waals surface area contributed by atoms with Crippen LogP contribution in [0.25, 0.3) is 0 Å². The smallest absolute Gasteiger partial charge is 0.226 e. The van der Waals surface area contributed by atoms with Gasteiger partial charge in [0, 0.05) is 36.0 Å². The maximum absolute atomic E-state index is 12.9. The van der Waals surface area contributed by atoms with Crippen molar-refractivity contribution in [2.24, 2.45) is 12.5 Å². The molecule has 0 saturated heterocycles. The molecule has 0 amide bonds. The van der Waals surface area contributed by atoms with Crippen molar-refractivity contribution in [3.63, 3.8) is 0 Å². The number of allylic oxidation sites excluding steroid dienone is 2. The Labute approximate surface area is 134 Å². The molecule has 0 unspecified atom stereocenters. The minimum Gasteiger partial charge on any atom is -0.328 e. The van der Waals surface area contributed by atoms with E-state index in [0.717, 1.165) is 28.9 Å². The summed E-state index contributed by atoms with van der Waals surface area (Å²) in [6, 6.07) is -0.249. The van der Waals surface area contributed by atoms with E-state index in [9.17, 15) is 4.79 Å². The van der Waals surface area contributed by atoms with E-state index in [2.05, 4.69) is 34.3 Å². The fraction of sp³-hybridized carbons (Fsp3) is 0.500. The summed E-state index contributed by atoms with van der Waals surface area (Å²) >= 11 is 0. The van der Waals surface area contributed by atoms with Crippen molar-refractivity contribution in [1.82, 2.24) is 24.5 Å². The number of carbonyl (C=O) groups excluding carboxylic acids is 1. The molecule has 2 aromatic rings. The summed E-state index contributed by atoms with van der Waals surface area (Å²) in [7, 11) is 1.91. The summed E-state index contributed by atoms with van der Waals surface area (Å²) < 4.78 is 3.62. The third kappa shape index (κ3) is 2.03. The topological polar surface area (TPSA) is 77.6 Å². The van der Waals surface area contributed by atoms with Gasteiger partial charge in [-0.3, -0.25) is 9.48 Å². The molecule has 120 valence electrons. The first-order valence-corrected chi connectivity index (χ1v) is 7.79. The Balaban J connectivity index is 1.93. The highest BCUT2D eigenvalue weighted by atomic mass is 16.1. The van der Waals surface area contributed by atoms with Gasteiger partial charge >= 0.3 is 0 Å². The average molecular weight is 312 g/mol. The van der Waals surface area contributed by atoms with Gasteiger partial charge in [-0.15, -0.1) is 0 Å². The van der Waals surface area contributed by atoms with E-state index in [0.29, 0.717) is 12.4 Å². The number of hydrogen-bond donors (Lipinski definition) is 1. The van der Waals surface area contributed by atoms with Crippen LogP contribution in [0.4, 0.5) is 5.95 Å². The second-order valence-corrected chi connectivity index (χ2v) is 7.20. The molecule has 0 fully saturated rings. The number of aryl methyl sites for hydroxylation is 1. The fourth-order valence-corrected chi connectivity index (χ4v) is 3.62. The lowest BCUT2D eigenvalue weighted by Crippen LogP contribution is -2.36. The summed E-state index contributed by atoms with van der Waals surface area (Å²) in [5.74, 6) is 0.862. The molecule has 0 radical (unpaired) electrons. The van der Waals surface area contributed by atoms with E-state index in [1.165, 1.54) is 6.33 Å². The molecular weight excluding hydrogens is 292 g/mol. The van der Waals surface area contributed by atoms with E-state index in [-0.39, 0.29) is 17.2 Å². The summed E-state index contributed by atoms with van der Waals surface area (Å²) in [6.07, 6.45) is 4.73. The van der Waals surface area contributed by atoms with Crippen LogP contribution in [0.5, 0.6) is 0 Å². The number of nitrogens with one attached hydrogen (secondary N) is 1. The Morgan fingerprint density at radius 2 is 2.09 bits per heavy atom. The first-order valence-electron chi connectivity index (χ1n) is 7.79. The van der Waals surface area contributed by atoms with Crippen LogP contribution in [0.1, 0.15) is 44.0 Å². The third-order valence-corrected chi connectivity index (χ3v) is 4.84. The Morgan fingerprint density at radius 1 is 1.30 bits per heavy atom. The normalized spacial score (nSPS) is 22.6. The number of hydrogen-bond acceptors (Lipinski definition) is 5. The zero-order chi connectivity index (χ0) is 16.4. The number of nitrogens with zero attached hydrogens (tertiary/aromatic N) is 5. The number of rotatable bonds is 1. The van der Waals surface area contributed by atoms with Crippen molar-refractivity contribution < 1.29 is 4.79 Å². The quantitative estimate of drug-likeness (QED) is 0.871. The second kappa shape index (κ2) is 4.53. The molecule has 1 aliphatic heterocycles. The van der Waals surface area contributed by atoms with Gasteiger partial charge in [0.2, 0.25) is 5.95 Å². The van der Waals surface area contributed by atoms with Crippen LogP contribution in [-0.4, -0.2) is 30.3 Å². The van der Waals surface area contributed by atoms with Gasteiger partial charge in [-0.25, -0.2) is 4.68 Å². The number of ketones is 1. The molecule has 7 nitrogen and oxygen atoms in total. The molecule has 2 aromatic heterocycles. The maximum Gasteiger partial charge on any atom is 0.226 e. The van der Waals surface area contributed by atoms with Gasteiger partial charge in [0.25, 0.3) is 0 Å². The summed E-state index contributed by atoms with van der Waals surface area (Å²) in [4.78, 5) is 17.2. The molecule has 1 aliphatic carbocycles. The van der Waals surface area contributed by atoms with Crippen LogP contribution in [0, 0.1) is 12.3 Å². The first-order chi connectivity index (χ1) is 10.9. The van der Waals surface area contributed by atoms with E-state index >= 15 is 0 Å². The molecule has 3 heterocycles. The van der Waals surface area contributed by atoms with Crippen LogP contribution in [0.15, 0.2) is 23.8 Å². The van der Waals surface area contributed by atoms with Crippen LogP contribution in [0.2, 0.25) is 0 Å². The van der Waals surface area contributed by atoms with Gasteiger partial charge in [-0.05, 0) is 18.8 Å². The molecule has 1 atom stereocenters. The molecule has 1 N–H and O–H groups in total. The van der Waals surface area contributed by atoms with Crippen molar-refractivity contribution in [3.8, 4) is 0 Å². The van der Waals surface area contributed by atoms with E-state index in [1.54, 1.807) is 4.68 Å². The van der Waals surface area contributed by atoms with Gasteiger partial charge in [0.1, 0.15) is 12.4 Å². The van der Waals surface area contributed by atoms with Crippen LogP contribution in [-0.2, 0) is 11.8 Å². The van der Waals surface area contributed by atoms with Gasteiger partial charge in [-0.2, -0.15) is 15.2 Å². The number of fused-ring (bicyclic) bond motifs is 1. The molecule has 0 spiro atoms. The molecule has 0 bridgehead atoms. The van der Waals surface area contributed by atoms with E-state index < -0.39 is 0 Å². The minimum atomic E-state index is -0.249. The maximum atomic E-state index is 12.9. The molecule has 4 rings (SSSR count). The lowest BCUT2D eigenvalue weighted by atomic mass is 9.73. The summed E-state index contributed by atoms with van der Waals surface area (Å²) in [6.45, 7) is 6.26. The zero-order valence-electron chi connectivity index (χ0n) is 13.8. The standard InChI is InChI=1S/C16H20N6O/c1-9-10(7-18-21(9)4)14-13-11(5-16(2,3)6-12(13)23)20-15-17-8-19-22(14)15/h7-8,14H,5-6H2,1-4H3,(H,17,19,20)/t14-/m0/s1. The first kappa shape index (κ1) is 14.2. The number of carbonyl (C=O) groups is 1. The van der Waals surface area contributed by atoms with Gasteiger partial charge in [-0.1, -0.05) is 13.8 Å². The molecular formula is C16H20N6O. The zero-order valence-corrected chi connectivity index (χ0v) is 13.8. The number of aromatic nitrogens is 5. The van der Waals surface area contributed by atoms with E-state index in [4.69, 9.17) is 0 Å². The molecule has 0 aromatic carbocycles. The Morgan fingerprint density at radius 3 is 2.78 bits per heavy atom. The monoisotopic (exact) mass is 312 g/mol. The molecule has 2 aliphatic rings. The Bertz CT molecular complexity index is 841. The fourth-order valence-electron chi connectivity index (χ4n) is 3.62. The lowest BCUT2D eigenvalue weighted by molar-refractivity contribution is -0.118. The average Bonchev–Trinajstić information content (AvgIpc) is 3.03. The second-order valence-electron chi connectivity index (χ2n) is 7.20. The SMILES string of the molecule is Cc1c([C@H]2C3=C(CC(C)(C)CC3=O)Nc3ncnn32)cnn1C. The van der Waals surface area contributed by atoms with Crippen molar-refractivity contribution in [2.45, 2.75) is 39.7 Å². The predicted molar refractivity (Wildman–Crippen MR) is 84.8 cm³/mol. The van der Waals surface area contributed by atoms with E-state index in [1.807, 2.05) is 24.9 Å². The summed E-state index contributed by atoms with van der Waals surface area (Å²) in [5.41, 5.74) is 3.77. The van der Waals surface area contributed by atoms with Crippen LogP contribution in [0.3, 0.4) is 0 Å². The lowest BCUT2D eigenvalue weighted by Gasteiger charge is -2.38. The Kier molecular flexibility index (Phi) is 2.79. The molecule has 23 heavy (non-hydrogen) atoms. The van der Waals surface area contributed by atoms with Crippen molar-refractivity contribution in [2.75, 3.05) is 5.32 Å². The molecule has 0 saturated carbocycles. The minimum absolute atomic E-state index is 0.0420. The van der Waals surface area contributed by atoms with Crippen molar-refractivity contribution in [1.29, 1.82) is 0 Å². The molecule has 7 heteroatoms. The highest BCUT2D eigenvalue weighted by Crippen LogP contribution is 2.45. The predicted octanol–water partition coefficient (Wildman–Crippen LogP) is 1.98. The highest BCUT2D eigenvalue weighted by molar-refractivity contribution is 6.00. The van der Waals surface area contributed by atoms with Crippen LogP contribution >= 0.6 is 0 Å².